The minimum absolute atomic E-state index is 0.148. The Kier molecular flexibility index (Phi) is 10.7. The number of hydrogen-bond acceptors (Lipinski definition) is 3. The van der Waals surface area contributed by atoms with Crippen LogP contribution in [0.4, 0.5) is 0 Å². The Balaban J connectivity index is 1.38. The van der Waals surface area contributed by atoms with Gasteiger partial charge in [0, 0.05) is 28.5 Å². The van der Waals surface area contributed by atoms with Gasteiger partial charge in [0.15, 0.2) is 0 Å². The molecule has 2 heterocycles. The molecule has 0 amide bonds. The fraction of sp³-hybridized carbons (Fsp3) is 0.200. The summed E-state index contributed by atoms with van der Waals surface area (Å²) in [5.74, 6) is 0.934. The topological polar surface area (TPSA) is 50.9 Å². The molecule has 0 aliphatic carbocycles. The minimum Gasteiger partial charge on any atom is -0.507 e. The van der Waals surface area contributed by atoms with E-state index in [1.165, 1.54) is 5.56 Å². The van der Waals surface area contributed by atoms with Gasteiger partial charge in [0.05, 0.1) is 28.0 Å². The predicted octanol–water partition coefficient (Wildman–Crippen LogP) is 16.0. The number of rotatable bonds is 7. The van der Waals surface area contributed by atoms with E-state index in [9.17, 15) is 5.11 Å². The molecular weight excluding hydrogens is 779 g/mol. The van der Waals surface area contributed by atoms with Crippen molar-refractivity contribution in [2.24, 2.45) is 0 Å². The first-order valence-corrected chi connectivity index (χ1v) is 22.4. The average Bonchev–Trinajstić information content (AvgIpc) is 3.68. The number of hydrogen-bond donors (Lipinski definition) is 1. The highest BCUT2D eigenvalue weighted by atomic mass is 16.3. The largest absolute Gasteiger partial charge is 0.507 e. The molecule has 9 rings (SSSR count). The van der Waals surface area contributed by atoms with Gasteiger partial charge in [-0.05, 0) is 103 Å². The Bertz CT molecular complexity index is 3140. The Morgan fingerprint density at radius 2 is 1.00 bits per heavy atom. The van der Waals surface area contributed by atoms with Crippen LogP contribution < -0.4 is 0 Å². The summed E-state index contributed by atoms with van der Waals surface area (Å²) >= 11 is 0. The van der Waals surface area contributed by atoms with Crippen LogP contribution in [0.2, 0.25) is 0 Å². The lowest BCUT2D eigenvalue weighted by Gasteiger charge is -2.27. The highest BCUT2D eigenvalue weighted by Gasteiger charge is 2.30. The van der Waals surface area contributed by atoms with E-state index in [0.717, 1.165) is 83.6 Å². The number of phenols is 1. The maximum Gasteiger partial charge on any atom is 0.149 e. The number of nitrogens with zero attached hydrogens (tertiary/aromatic N) is 3. The Hall–Kier alpha value is -7.04. The molecule has 0 bridgehead atoms. The fourth-order valence-electron chi connectivity index (χ4n) is 8.72. The van der Waals surface area contributed by atoms with E-state index in [4.69, 9.17) is 9.97 Å². The van der Waals surface area contributed by atoms with E-state index in [-0.39, 0.29) is 22.0 Å². The molecule has 0 radical (unpaired) electrons. The molecule has 0 saturated heterocycles. The molecule has 4 heteroatoms. The van der Waals surface area contributed by atoms with E-state index in [1.807, 2.05) is 12.3 Å². The van der Waals surface area contributed by atoms with Gasteiger partial charge in [-0.25, -0.2) is 4.98 Å². The van der Waals surface area contributed by atoms with E-state index < -0.39 is 0 Å². The number of phenolic OH excluding ortho intramolecular Hbond substituents is 1. The van der Waals surface area contributed by atoms with Crippen molar-refractivity contribution < 1.29 is 5.11 Å². The summed E-state index contributed by atoms with van der Waals surface area (Å²) in [5, 5.41) is 12.6. The SMILES string of the molecule is CC(C)(C)c1cc(-c2cc(-c3ccccc3)ccn2)cc(-c2cccc3c2nc(-c2cc(C(C)(C)C)cc(C(C)(C)C)c2O)n3-c2cc(-c3ccccc3)ccc2-c2ccccc2)c1. The highest BCUT2D eigenvalue weighted by Crippen LogP contribution is 2.46. The van der Waals surface area contributed by atoms with Gasteiger partial charge < -0.3 is 5.11 Å². The lowest BCUT2D eigenvalue weighted by atomic mass is 9.79. The van der Waals surface area contributed by atoms with Gasteiger partial charge in [-0.15, -0.1) is 0 Å². The third-order valence-electron chi connectivity index (χ3n) is 12.4. The van der Waals surface area contributed by atoms with Gasteiger partial charge in [-0.2, -0.15) is 0 Å². The van der Waals surface area contributed by atoms with Gasteiger partial charge in [0.2, 0.25) is 0 Å². The minimum atomic E-state index is -0.333. The molecule has 0 atom stereocenters. The van der Waals surface area contributed by atoms with Gasteiger partial charge >= 0.3 is 0 Å². The lowest BCUT2D eigenvalue weighted by Crippen LogP contribution is -2.17. The smallest absolute Gasteiger partial charge is 0.149 e. The van der Waals surface area contributed by atoms with Gasteiger partial charge in [0.1, 0.15) is 11.6 Å². The van der Waals surface area contributed by atoms with Crippen molar-refractivity contribution >= 4 is 11.0 Å². The predicted molar refractivity (Wildman–Crippen MR) is 269 cm³/mol. The van der Waals surface area contributed by atoms with Crippen LogP contribution in [0.25, 0.3) is 83.9 Å². The zero-order chi connectivity index (χ0) is 45.0. The van der Waals surface area contributed by atoms with Crippen LogP contribution >= 0.6 is 0 Å². The molecule has 0 fully saturated rings. The standard InChI is InChI=1S/C60H57N3O/c1-58(2,3)46-33-44(32-45(34-46)52-35-43(30-31-61-52)40-22-15-11-16-23-40)49-26-19-27-53-55(49)62-57(50-37-47(59(4,5)6)38-51(56(50)64)60(7,8)9)63(53)54-36-42(39-20-13-10-14-21-39)28-29-48(54)41-24-17-12-18-25-41/h10-38,64H,1-9H3. The van der Waals surface area contributed by atoms with Crippen molar-refractivity contribution in [3.63, 3.8) is 0 Å². The molecule has 2 aromatic heterocycles. The summed E-state index contributed by atoms with van der Waals surface area (Å²) in [6.07, 6.45) is 1.91. The molecular formula is C60H57N3O. The zero-order valence-electron chi connectivity index (χ0n) is 38.5. The first-order valence-electron chi connectivity index (χ1n) is 22.4. The second kappa shape index (κ2) is 16.3. The third kappa shape index (κ3) is 8.17. The maximum atomic E-state index is 12.6. The Morgan fingerprint density at radius 3 is 1.61 bits per heavy atom. The quantitative estimate of drug-likeness (QED) is 0.174. The normalized spacial score (nSPS) is 12.2. The summed E-state index contributed by atoms with van der Waals surface area (Å²) in [6, 6.07) is 60.3. The number of aromatic nitrogens is 3. The molecule has 64 heavy (non-hydrogen) atoms. The molecule has 0 spiro atoms. The maximum absolute atomic E-state index is 12.6. The number of fused-ring (bicyclic) bond motifs is 1. The van der Waals surface area contributed by atoms with Crippen LogP contribution in [-0.2, 0) is 16.2 Å². The summed E-state index contributed by atoms with van der Waals surface area (Å²) < 4.78 is 2.29. The average molecular weight is 836 g/mol. The van der Waals surface area contributed by atoms with Crippen LogP contribution in [-0.4, -0.2) is 19.6 Å². The van der Waals surface area contributed by atoms with Crippen molar-refractivity contribution in [1.29, 1.82) is 0 Å². The molecule has 4 nitrogen and oxygen atoms in total. The molecule has 7 aromatic carbocycles. The van der Waals surface area contributed by atoms with Crippen molar-refractivity contribution in [2.75, 3.05) is 0 Å². The van der Waals surface area contributed by atoms with Gasteiger partial charge in [-0.3, -0.25) is 9.55 Å². The van der Waals surface area contributed by atoms with Crippen molar-refractivity contribution in [1.82, 2.24) is 14.5 Å². The number of aromatic hydroxyl groups is 1. The molecule has 0 aliphatic heterocycles. The molecule has 0 saturated carbocycles. The first kappa shape index (κ1) is 42.3. The summed E-state index contributed by atoms with van der Waals surface area (Å²) in [4.78, 5) is 10.7. The van der Waals surface area contributed by atoms with E-state index in [0.29, 0.717) is 11.4 Å². The summed E-state index contributed by atoms with van der Waals surface area (Å²) in [5.41, 5.74) is 16.7. The summed E-state index contributed by atoms with van der Waals surface area (Å²) in [7, 11) is 0. The number of benzene rings is 7. The van der Waals surface area contributed by atoms with Crippen molar-refractivity contribution in [3.05, 3.63) is 193 Å². The van der Waals surface area contributed by atoms with Crippen molar-refractivity contribution in [2.45, 2.75) is 78.6 Å². The molecule has 0 aliphatic rings. The molecule has 318 valence electrons. The number of imidazole rings is 1. The second-order valence-electron chi connectivity index (χ2n) is 20.2. The van der Waals surface area contributed by atoms with Crippen LogP contribution in [0.15, 0.2) is 176 Å². The Labute approximate surface area is 379 Å². The van der Waals surface area contributed by atoms with Crippen LogP contribution in [0, 0.1) is 0 Å². The summed E-state index contributed by atoms with van der Waals surface area (Å²) in [6.45, 7) is 20.0. The third-order valence-corrected chi connectivity index (χ3v) is 12.4. The highest BCUT2D eigenvalue weighted by molar-refractivity contribution is 5.98. The van der Waals surface area contributed by atoms with E-state index >= 15 is 0 Å². The number of para-hydroxylation sites is 1. The first-order chi connectivity index (χ1) is 30.5. The fourth-order valence-corrected chi connectivity index (χ4v) is 8.72. The molecule has 1 N–H and O–H groups in total. The zero-order valence-corrected chi connectivity index (χ0v) is 38.5. The van der Waals surface area contributed by atoms with Crippen molar-refractivity contribution in [3.8, 4) is 78.6 Å². The van der Waals surface area contributed by atoms with Crippen LogP contribution in [0.3, 0.4) is 0 Å². The lowest BCUT2D eigenvalue weighted by molar-refractivity contribution is 0.446. The molecule has 0 unspecified atom stereocenters. The molecule has 9 aromatic rings. The van der Waals surface area contributed by atoms with Gasteiger partial charge in [0.25, 0.3) is 0 Å². The van der Waals surface area contributed by atoms with Crippen LogP contribution in [0.5, 0.6) is 5.75 Å². The second-order valence-corrected chi connectivity index (χ2v) is 20.2. The van der Waals surface area contributed by atoms with Crippen LogP contribution in [0.1, 0.15) is 79.0 Å². The number of pyridine rings is 1. The van der Waals surface area contributed by atoms with E-state index in [1.54, 1.807) is 0 Å². The van der Waals surface area contributed by atoms with Gasteiger partial charge in [-0.1, -0.05) is 190 Å². The Morgan fingerprint density at radius 1 is 0.422 bits per heavy atom. The monoisotopic (exact) mass is 835 g/mol. The van der Waals surface area contributed by atoms with E-state index in [2.05, 4.69) is 231 Å².